The lowest BCUT2D eigenvalue weighted by molar-refractivity contribution is 0.669. The maximum absolute atomic E-state index is 6.21. The summed E-state index contributed by atoms with van der Waals surface area (Å²) < 4.78 is 8.82. The van der Waals surface area contributed by atoms with E-state index in [-0.39, 0.29) is 0 Å². The van der Waals surface area contributed by atoms with E-state index in [4.69, 9.17) is 4.42 Å². The van der Waals surface area contributed by atoms with Gasteiger partial charge in [-0.3, -0.25) is 0 Å². The first-order chi connectivity index (χ1) is 25.3. The molecule has 2 aromatic heterocycles. The molecule has 0 atom stereocenters. The van der Waals surface area contributed by atoms with Crippen LogP contribution in [0.25, 0.3) is 75.5 Å². The number of anilines is 3. The summed E-state index contributed by atoms with van der Waals surface area (Å²) in [5, 5.41) is 4.85. The highest BCUT2D eigenvalue weighted by Gasteiger charge is 2.18. The van der Waals surface area contributed by atoms with Gasteiger partial charge in [-0.2, -0.15) is 0 Å². The van der Waals surface area contributed by atoms with Crippen molar-refractivity contribution in [3.05, 3.63) is 188 Å². The fourth-order valence-corrected chi connectivity index (χ4v) is 8.52. The van der Waals surface area contributed by atoms with Crippen LogP contribution in [0.4, 0.5) is 17.1 Å². The van der Waals surface area contributed by atoms with Gasteiger partial charge in [0.1, 0.15) is 11.2 Å². The number of fused-ring (bicyclic) bond motifs is 6. The lowest BCUT2D eigenvalue weighted by Crippen LogP contribution is -2.09. The van der Waals surface area contributed by atoms with Crippen LogP contribution in [0.2, 0.25) is 0 Å². The van der Waals surface area contributed by atoms with Crippen molar-refractivity contribution in [3.8, 4) is 33.4 Å². The van der Waals surface area contributed by atoms with Crippen LogP contribution in [0.1, 0.15) is 0 Å². The Bertz CT molecular complexity index is 2830. The van der Waals surface area contributed by atoms with Gasteiger partial charge in [0.2, 0.25) is 0 Å². The van der Waals surface area contributed by atoms with Crippen molar-refractivity contribution in [2.24, 2.45) is 0 Å². The summed E-state index contributed by atoms with van der Waals surface area (Å²) >= 11 is 1.86. The van der Waals surface area contributed by atoms with E-state index in [2.05, 4.69) is 181 Å². The highest BCUT2D eigenvalue weighted by molar-refractivity contribution is 7.25. The maximum atomic E-state index is 6.21. The Morgan fingerprint density at radius 2 is 0.863 bits per heavy atom. The Labute approximate surface area is 300 Å². The zero-order valence-corrected chi connectivity index (χ0v) is 28.5. The Morgan fingerprint density at radius 1 is 0.333 bits per heavy atom. The van der Waals surface area contributed by atoms with E-state index >= 15 is 0 Å². The van der Waals surface area contributed by atoms with Crippen LogP contribution in [-0.4, -0.2) is 0 Å². The SMILES string of the molecule is c1ccc(-c2ccc(N(c3ccc(-c4cc5sc6ccccc6c5cc4-c4ccccc4)cc3)c3ccc4oc5ccccc5c4c3)cc2)cc1. The summed E-state index contributed by atoms with van der Waals surface area (Å²) in [6.07, 6.45) is 0. The molecule has 0 amide bonds. The molecule has 8 aromatic carbocycles. The molecular formula is C48H31NOS. The van der Waals surface area contributed by atoms with Crippen molar-refractivity contribution in [1.82, 2.24) is 0 Å². The molecule has 0 saturated carbocycles. The molecule has 0 unspecified atom stereocenters. The Morgan fingerprint density at radius 3 is 1.61 bits per heavy atom. The van der Waals surface area contributed by atoms with Crippen LogP contribution in [-0.2, 0) is 0 Å². The second-order valence-electron chi connectivity index (χ2n) is 12.9. The fourth-order valence-electron chi connectivity index (χ4n) is 7.39. The third kappa shape index (κ3) is 5.18. The molecule has 240 valence electrons. The lowest BCUT2D eigenvalue weighted by atomic mass is 9.92. The van der Waals surface area contributed by atoms with Crippen LogP contribution < -0.4 is 4.90 Å². The van der Waals surface area contributed by atoms with E-state index in [1.54, 1.807) is 0 Å². The van der Waals surface area contributed by atoms with E-state index in [9.17, 15) is 0 Å². The van der Waals surface area contributed by atoms with Crippen molar-refractivity contribution in [3.63, 3.8) is 0 Å². The normalized spacial score (nSPS) is 11.5. The Hall–Kier alpha value is -6.42. The molecule has 0 radical (unpaired) electrons. The van der Waals surface area contributed by atoms with Crippen LogP contribution in [0.3, 0.4) is 0 Å². The topological polar surface area (TPSA) is 16.4 Å². The number of thiophene rings is 1. The summed E-state index contributed by atoms with van der Waals surface area (Å²) in [5.74, 6) is 0. The smallest absolute Gasteiger partial charge is 0.135 e. The predicted octanol–water partition coefficient (Wildman–Crippen LogP) is 14.4. The van der Waals surface area contributed by atoms with Crippen LogP contribution in [0, 0.1) is 0 Å². The minimum absolute atomic E-state index is 0.889. The molecule has 0 aliphatic carbocycles. The molecular weight excluding hydrogens is 639 g/mol. The highest BCUT2D eigenvalue weighted by Crippen LogP contribution is 2.44. The summed E-state index contributed by atoms with van der Waals surface area (Å²) in [5.41, 5.74) is 12.3. The molecule has 3 heteroatoms. The number of furan rings is 1. The molecule has 2 nitrogen and oxygen atoms in total. The average molecular weight is 670 g/mol. The van der Waals surface area contributed by atoms with Gasteiger partial charge in [0.25, 0.3) is 0 Å². The monoisotopic (exact) mass is 669 g/mol. The molecule has 0 N–H and O–H groups in total. The minimum Gasteiger partial charge on any atom is -0.456 e. The number of benzene rings is 8. The van der Waals surface area contributed by atoms with E-state index < -0.39 is 0 Å². The largest absolute Gasteiger partial charge is 0.456 e. The maximum Gasteiger partial charge on any atom is 0.135 e. The first-order valence-corrected chi connectivity index (χ1v) is 18.1. The van der Waals surface area contributed by atoms with E-state index in [0.717, 1.165) is 39.0 Å². The summed E-state index contributed by atoms with van der Waals surface area (Å²) in [6, 6.07) is 67.5. The van der Waals surface area contributed by atoms with Gasteiger partial charge in [-0.25, -0.2) is 0 Å². The first kappa shape index (κ1) is 29.5. The zero-order valence-electron chi connectivity index (χ0n) is 27.7. The third-order valence-electron chi connectivity index (χ3n) is 9.89. The van der Waals surface area contributed by atoms with Gasteiger partial charge in [0, 0.05) is 48.0 Å². The van der Waals surface area contributed by atoms with Crippen molar-refractivity contribution >= 4 is 70.5 Å². The van der Waals surface area contributed by atoms with Gasteiger partial charge in [-0.05, 0) is 100 Å². The predicted molar refractivity (Wildman–Crippen MR) is 218 cm³/mol. The quantitative estimate of drug-likeness (QED) is 0.175. The van der Waals surface area contributed by atoms with Gasteiger partial charge < -0.3 is 9.32 Å². The molecule has 0 fully saturated rings. The third-order valence-corrected chi connectivity index (χ3v) is 11.0. The van der Waals surface area contributed by atoms with Crippen LogP contribution in [0.15, 0.2) is 192 Å². The summed E-state index contributed by atoms with van der Waals surface area (Å²) in [6.45, 7) is 0. The van der Waals surface area contributed by atoms with E-state index in [0.29, 0.717) is 0 Å². The van der Waals surface area contributed by atoms with Crippen molar-refractivity contribution in [1.29, 1.82) is 0 Å². The average Bonchev–Trinajstić information content (AvgIpc) is 3.76. The van der Waals surface area contributed by atoms with Crippen LogP contribution >= 0.6 is 11.3 Å². The molecule has 0 aliphatic heterocycles. The molecule has 0 aliphatic rings. The van der Waals surface area contributed by atoms with Gasteiger partial charge in [-0.15, -0.1) is 11.3 Å². The van der Waals surface area contributed by atoms with Gasteiger partial charge in [0.05, 0.1) is 0 Å². The fraction of sp³-hybridized carbons (Fsp3) is 0. The number of hydrogen-bond donors (Lipinski definition) is 0. The minimum atomic E-state index is 0.889. The summed E-state index contributed by atoms with van der Waals surface area (Å²) in [7, 11) is 0. The van der Waals surface area contributed by atoms with E-state index in [1.807, 2.05) is 23.5 Å². The highest BCUT2D eigenvalue weighted by atomic mass is 32.1. The van der Waals surface area contributed by atoms with Crippen LogP contribution in [0.5, 0.6) is 0 Å². The number of hydrogen-bond acceptors (Lipinski definition) is 3. The Kier molecular flexibility index (Phi) is 7.04. The summed E-state index contributed by atoms with van der Waals surface area (Å²) in [4.78, 5) is 2.34. The van der Waals surface area contributed by atoms with Gasteiger partial charge in [0.15, 0.2) is 0 Å². The Balaban J connectivity index is 1.12. The lowest BCUT2D eigenvalue weighted by Gasteiger charge is -2.26. The molecule has 0 saturated heterocycles. The molecule has 51 heavy (non-hydrogen) atoms. The van der Waals surface area contributed by atoms with Gasteiger partial charge >= 0.3 is 0 Å². The van der Waals surface area contributed by atoms with Gasteiger partial charge in [-0.1, -0.05) is 121 Å². The molecule has 10 aromatic rings. The molecule has 10 rings (SSSR count). The standard InChI is InChI=1S/C48H31NOS/c1-3-11-32(12-4-1)33-19-23-36(24-20-33)49(38-27-28-46-43(29-38)39-15-7-9-17-45(39)50-46)37-25-21-35(22-26-37)42-31-48-44(40-16-8-10-18-47(40)51-48)30-41(42)34-13-5-2-6-14-34/h1-31H. The second kappa shape index (κ2) is 12.2. The first-order valence-electron chi connectivity index (χ1n) is 17.2. The number of nitrogens with zero attached hydrogens (tertiary/aromatic N) is 1. The zero-order chi connectivity index (χ0) is 33.7. The second-order valence-corrected chi connectivity index (χ2v) is 14.0. The van der Waals surface area contributed by atoms with Crippen molar-refractivity contribution in [2.75, 3.05) is 4.90 Å². The molecule has 0 spiro atoms. The molecule has 2 heterocycles. The molecule has 0 bridgehead atoms. The number of para-hydroxylation sites is 1. The van der Waals surface area contributed by atoms with E-state index in [1.165, 1.54) is 53.6 Å². The van der Waals surface area contributed by atoms with Crippen molar-refractivity contribution in [2.45, 2.75) is 0 Å². The van der Waals surface area contributed by atoms with Crippen molar-refractivity contribution < 1.29 is 4.42 Å². The number of rotatable bonds is 6.